The van der Waals surface area contributed by atoms with E-state index in [0.29, 0.717) is 17.2 Å². The zero-order valence-corrected chi connectivity index (χ0v) is 13.3. The molecule has 2 unspecified atom stereocenters. The van der Waals surface area contributed by atoms with Gasteiger partial charge in [0.25, 0.3) is 0 Å². The third-order valence-corrected chi connectivity index (χ3v) is 4.63. The van der Waals surface area contributed by atoms with E-state index in [1.807, 2.05) is 14.0 Å². The van der Waals surface area contributed by atoms with Crippen molar-refractivity contribution >= 4 is 0 Å². The molecule has 0 spiro atoms. The number of halogens is 2. The Hall–Kier alpha value is -1.00. The van der Waals surface area contributed by atoms with E-state index in [4.69, 9.17) is 0 Å². The molecule has 1 N–H and O–H groups in total. The molecule has 1 aliphatic heterocycles. The zero-order valence-electron chi connectivity index (χ0n) is 13.3. The first kappa shape index (κ1) is 16.4. The summed E-state index contributed by atoms with van der Waals surface area (Å²) in [6, 6.07) is 3.06. The Labute approximate surface area is 126 Å². The van der Waals surface area contributed by atoms with E-state index < -0.39 is 0 Å². The van der Waals surface area contributed by atoms with Crippen molar-refractivity contribution in [3.63, 3.8) is 0 Å². The van der Waals surface area contributed by atoms with Gasteiger partial charge in [-0.1, -0.05) is 6.42 Å². The molecule has 1 heterocycles. The third kappa shape index (κ3) is 3.80. The van der Waals surface area contributed by atoms with Gasteiger partial charge in [0.05, 0.1) is 0 Å². The molecule has 0 radical (unpaired) electrons. The molecule has 2 nitrogen and oxygen atoms in total. The Balaban J connectivity index is 2.20. The predicted molar refractivity (Wildman–Crippen MR) is 82.4 cm³/mol. The highest BCUT2D eigenvalue weighted by Gasteiger charge is 2.28. The van der Waals surface area contributed by atoms with Gasteiger partial charge in [-0.25, -0.2) is 8.78 Å². The molecule has 118 valence electrons. The molecule has 0 aliphatic carbocycles. The highest BCUT2D eigenvalue weighted by Crippen LogP contribution is 2.31. The van der Waals surface area contributed by atoms with E-state index in [9.17, 15) is 8.78 Å². The van der Waals surface area contributed by atoms with Gasteiger partial charge in [-0.3, -0.25) is 4.90 Å². The minimum atomic E-state index is -0.318. The minimum absolute atomic E-state index is 0.0812. The second-order valence-electron chi connectivity index (χ2n) is 6.08. The van der Waals surface area contributed by atoms with Crippen LogP contribution in [0, 0.1) is 18.6 Å². The van der Waals surface area contributed by atoms with E-state index in [2.05, 4.69) is 10.2 Å². The first-order valence-corrected chi connectivity index (χ1v) is 7.90. The summed E-state index contributed by atoms with van der Waals surface area (Å²) in [5, 5.41) is 3.18. The standard InChI is InChI=1S/C17H26F2N2/c1-12-10-17(19)15(11-16(12)18)13(2)21-9-5-4-6-14(21)7-8-20-3/h10-11,13-14,20H,4-9H2,1-3H3. The molecule has 1 fully saturated rings. The Kier molecular flexibility index (Phi) is 5.71. The van der Waals surface area contributed by atoms with Crippen molar-refractivity contribution in [1.29, 1.82) is 0 Å². The summed E-state index contributed by atoms with van der Waals surface area (Å²) in [6.45, 7) is 5.51. The number of benzene rings is 1. The third-order valence-electron chi connectivity index (χ3n) is 4.63. The van der Waals surface area contributed by atoms with Crippen molar-refractivity contribution < 1.29 is 8.78 Å². The van der Waals surface area contributed by atoms with Crippen LogP contribution in [0.1, 0.15) is 49.8 Å². The summed E-state index contributed by atoms with van der Waals surface area (Å²) in [7, 11) is 1.95. The van der Waals surface area contributed by atoms with Crippen molar-refractivity contribution in [1.82, 2.24) is 10.2 Å². The Morgan fingerprint density at radius 3 is 2.76 bits per heavy atom. The molecule has 0 aromatic heterocycles. The van der Waals surface area contributed by atoms with Crippen LogP contribution in [0.4, 0.5) is 8.78 Å². The summed E-state index contributed by atoms with van der Waals surface area (Å²) in [5.41, 5.74) is 0.850. The van der Waals surface area contributed by atoms with Crippen molar-refractivity contribution in [3.8, 4) is 0 Å². The second-order valence-corrected chi connectivity index (χ2v) is 6.08. The Morgan fingerprint density at radius 1 is 1.29 bits per heavy atom. The number of nitrogens with one attached hydrogen (secondary N) is 1. The van der Waals surface area contributed by atoms with Gasteiger partial charge in [-0.2, -0.15) is 0 Å². The maximum atomic E-state index is 14.2. The number of nitrogens with zero attached hydrogens (tertiary/aromatic N) is 1. The number of hydrogen-bond acceptors (Lipinski definition) is 2. The number of piperidine rings is 1. The summed E-state index contributed by atoms with van der Waals surface area (Å²) < 4.78 is 28.0. The molecule has 0 amide bonds. The van der Waals surface area contributed by atoms with Gasteiger partial charge in [0, 0.05) is 17.6 Å². The van der Waals surface area contributed by atoms with Gasteiger partial charge < -0.3 is 5.32 Å². The molecule has 0 saturated carbocycles. The van der Waals surface area contributed by atoms with Crippen LogP contribution in [0.5, 0.6) is 0 Å². The predicted octanol–water partition coefficient (Wildman–Crippen LogP) is 3.80. The first-order chi connectivity index (χ1) is 10.0. The monoisotopic (exact) mass is 296 g/mol. The van der Waals surface area contributed by atoms with Crippen LogP contribution in [0.3, 0.4) is 0 Å². The van der Waals surface area contributed by atoms with Crippen LogP contribution < -0.4 is 5.32 Å². The van der Waals surface area contributed by atoms with Gasteiger partial charge in [0.1, 0.15) is 11.6 Å². The highest BCUT2D eigenvalue weighted by atomic mass is 19.1. The van der Waals surface area contributed by atoms with Gasteiger partial charge in [-0.05, 0) is 70.9 Å². The molecule has 0 bridgehead atoms. The summed E-state index contributed by atoms with van der Waals surface area (Å²) in [6.07, 6.45) is 4.55. The minimum Gasteiger partial charge on any atom is -0.320 e. The van der Waals surface area contributed by atoms with Crippen LogP contribution in [0.25, 0.3) is 0 Å². The van der Waals surface area contributed by atoms with E-state index >= 15 is 0 Å². The molecule has 2 rings (SSSR count). The molecule has 21 heavy (non-hydrogen) atoms. The summed E-state index contributed by atoms with van der Waals surface area (Å²) >= 11 is 0. The maximum Gasteiger partial charge on any atom is 0.128 e. The first-order valence-electron chi connectivity index (χ1n) is 7.90. The highest BCUT2D eigenvalue weighted by molar-refractivity contribution is 5.27. The molecule has 1 aromatic rings. The van der Waals surface area contributed by atoms with Gasteiger partial charge in [-0.15, -0.1) is 0 Å². The van der Waals surface area contributed by atoms with Crippen LogP contribution in [0.15, 0.2) is 12.1 Å². The maximum absolute atomic E-state index is 14.2. The normalized spacial score (nSPS) is 21.5. The number of aryl methyl sites for hydroxylation is 1. The van der Waals surface area contributed by atoms with Crippen molar-refractivity contribution in [2.45, 2.75) is 51.6 Å². The van der Waals surface area contributed by atoms with Gasteiger partial charge >= 0.3 is 0 Å². The van der Waals surface area contributed by atoms with Gasteiger partial charge in [0.2, 0.25) is 0 Å². The summed E-state index contributed by atoms with van der Waals surface area (Å²) in [4.78, 5) is 2.34. The quantitative estimate of drug-likeness (QED) is 0.889. The zero-order chi connectivity index (χ0) is 15.4. The largest absolute Gasteiger partial charge is 0.320 e. The van der Waals surface area contributed by atoms with Crippen LogP contribution in [-0.2, 0) is 0 Å². The van der Waals surface area contributed by atoms with Crippen LogP contribution in [0.2, 0.25) is 0 Å². The average molecular weight is 296 g/mol. The lowest BCUT2D eigenvalue weighted by Gasteiger charge is -2.40. The SMILES string of the molecule is CNCCC1CCCCN1C(C)c1cc(F)c(C)cc1F. The average Bonchev–Trinajstić information content (AvgIpc) is 2.48. The molecule has 1 saturated heterocycles. The number of hydrogen-bond donors (Lipinski definition) is 1. The summed E-state index contributed by atoms with van der Waals surface area (Å²) in [5.74, 6) is -0.610. The van der Waals surface area contributed by atoms with Crippen LogP contribution in [-0.4, -0.2) is 31.1 Å². The number of likely N-dealkylation sites (tertiary alicyclic amines) is 1. The molecular weight excluding hydrogens is 270 g/mol. The topological polar surface area (TPSA) is 15.3 Å². The van der Waals surface area contributed by atoms with E-state index in [-0.39, 0.29) is 17.7 Å². The molecule has 1 aromatic carbocycles. The van der Waals surface area contributed by atoms with Crippen molar-refractivity contribution in [3.05, 3.63) is 34.9 Å². The fourth-order valence-corrected chi connectivity index (χ4v) is 3.31. The molecule has 1 aliphatic rings. The second kappa shape index (κ2) is 7.32. The van der Waals surface area contributed by atoms with Crippen molar-refractivity contribution in [2.24, 2.45) is 0 Å². The van der Waals surface area contributed by atoms with E-state index in [1.165, 1.54) is 18.6 Å². The van der Waals surface area contributed by atoms with E-state index in [0.717, 1.165) is 32.4 Å². The molecule has 4 heteroatoms. The molecular formula is C17H26F2N2. The van der Waals surface area contributed by atoms with Crippen LogP contribution >= 0.6 is 0 Å². The fraction of sp³-hybridized carbons (Fsp3) is 0.647. The Morgan fingerprint density at radius 2 is 2.05 bits per heavy atom. The lowest BCUT2D eigenvalue weighted by atomic mass is 9.94. The number of rotatable bonds is 5. The lowest BCUT2D eigenvalue weighted by Crippen LogP contribution is -2.42. The molecule has 2 atom stereocenters. The van der Waals surface area contributed by atoms with Gasteiger partial charge in [0.15, 0.2) is 0 Å². The van der Waals surface area contributed by atoms with Crippen molar-refractivity contribution in [2.75, 3.05) is 20.1 Å². The lowest BCUT2D eigenvalue weighted by molar-refractivity contribution is 0.0952. The fourth-order valence-electron chi connectivity index (χ4n) is 3.31. The van der Waals surface area contributed by atoms with E-state index in [1.54, 1.807) is 6.92 Å². The Bertz CT molecular complexity index is 476. The smallest absolute Gasteiger partial charge is 0.128 e.